The lowest BCUT2D eigenvalue weighted by Crippen LogP contribution is -2.40. The first-order valence-corrected chi connectivity index (χ1v) is 8.41. The van der Waals surface area contributed by atoms with E-state index in [0.29, 0.717) is 19.6 Å². The molecule has 0 amide bonds. The fourth-order valence-electron chi connectivity index (χ4n) is 2.79. The van der Waals surface area contributed by atoms with Gasteiger partial charge in [0, 0.05) is 12.5 Å². The number of hydrogen-bond acceptors (Lipinski definition) is 5. The molecule has 1 aromatic rings. The molecule has 1 fully saturated rings. The predicted octanol–water partition coefficient (Wildman–Crippen LogP) is 2.07. The van der Waals surface area contributed by atoms with Gasteiger partial charge in [-0.25, -0.2) is 4.39 Å². The largest absolute Gasteiger partial charge is 0.461 e. The summed E-state index contributed by atoms with van der Waals surface area (Å²) in [4.78, 5) is 12.0. The van der Waals surface area contributed by atoms with Crippen molar-refractivity contribution >= 4 is 5.97 Å². The van der Waals surface area contributed by atoms with E-state index in [1.807, 2.05) is 13.8 Å². The number of rotatable bonds is 5. The third kappa shape index (κ3) is 5.26. The number of cyclic esters (lactones) is 1. The summed E-state index contributed by atoms with van der Waals surface area (Å²) < 4.78 is 30.1. The quantitative estimate of drug-likeness (QED) is 0.832. The van der Waals surface area contributed by atoms with Gasteiger partial charge < -0.3 is 19.9 Å². The van der Waals surface area contributed by atoms with Gasteiger partial charge in [0.1, 0.15) is 18.0 Å². The maximum Gasteiger partial charge on any atom is 0.325 e. The maximum atomic E-state index is 13.1. The molecule has 0 aliphatic carbocycles. The molecule has 1 aliphatic rings. The molecule has 5 nitrogen and oxygen atoms in total. The van der Waals surface area contributed by atoms with E-state index in [4.69, 9.17) is 19.9 Å². The van der Waals surface area contributed by atoms with Gasteiger partial charge in [0.15, 0.2) is 0 Å². The van der Waals surface area contributed by atoms with Crippen LogP contribution in [0.4, 0.5) is 4.39 Å². The Morgan fingerprint density at radius 3 is 2.67 bits per heavy atom. The third-order valence-electron chi connectivity index (χ3n) is 4.19. The highest BCUT2D eigenvalue weighted by Crippen LogP contribution is 2.24. The van der Waals surface area contributed by atoms with Crippen LogP contribution in [0, 0.1) is 11.7 Å². The summed E-state index contributed by atoms with van der Waals surface area (Å²) in [6.45, 7) is 4.93. The Morgan fingerprint density at radius 2 is 2.00 bits per heavy atom. The van der Waals surface area contributed by atoms with E-state index in [2.05, 4.69) is 0 Å². The lowest BCUT2D eigenvalue weighted by molar-refractivity contribution is -0.154. The normalized spacial score (nSPS) is 28.6. The van der Waals surface area contributed by atoms with Crippen LogP contribution in [0.15, 0.2) is 24.3 Å². The summed E-state index contributed by atoms with van der Waals surface area (Å²) in [5.74, 6) is -0.847. The number of benzene rings is 1. The molecule has 6 heteroatoms. The lowest BCUT2D eigenvalue weighted by atomic mass is 9.89. The van der Waals surface area contributed by atoms with Crippen molar-refractivity contribution in [2.24, 2.45) is 11.7 Å². The highest BCUT2D eigenvalue weighted by Gasteiger charge is 2.33. The predicted molar refractivity (Wildman–Crippen MR) is 88.0 cm³/mol. The van der Waals surface area contributed by atoms with Crippen molar-refractivity contribution in [3.63, 3.8) is 0 Å². The first-order valence-electron chi connectivity index (χ1n) is 8.41. The summed E-state index contributed by atoms with van der Waals surface area (Å²) in [6, 6.07) is 5.54. The second kappa shape index (κ2) is 9.11. The molecule has 1 heterocycles. The molecule has 2 N–H and O–H groups in total. The minimum absolute atomic E-state index is 0.101. The van der Waals surface area contributed by atoms with Crippen molar-refractivity contribution in [3.8, 4) is 0 Å². The van der Waals surface area contributed by atoms with Crippen molar-refractivity contribution in [2.45, 2.75) is 44.9 Å². The van der Waals surface area contributed by atoms with E-state index in [1.165, 1.54) is 12.1 Å². The molecule has 0 bridgehead atoms. The van der Waals surface area contributed by atoms with Crippen LogP contribution in [-0.2, 0) is 25.4 Å². The molecule has 0 unspecified atom stereocenters. The van der Waals surface area contributed by atoms with Crippen molar-refractivity contribution < 1.29 is 23.4 Å². The zero-order valence-electron chi connectivity index (χ0n) is 14.2. The molecular formula is C18H26FNO4. The van der Waals surface area contributed by atoms with Gasteiger partial charge in [-0.3, -0.25) is 4.79 Å². The molecule has 1 aromatic carbocycles. The Morgan fingerprint density at radius 1 is 1.29 bits per heavy atom. The second-order valence-corrected chi connectivity index (χ2v) is 6.19. The number of carbonyl (C=O) groups is 1. The smallest absolute Gasteiger partial charge is 0.325 e. The minimum atomic E-state index is -0.788. The number of esters is 1. The molecule has 134 valence electrons. The van der Waals surface area contributed by atoms with Crippen LogP contribution in [0.2, 0.25) is 0 Å². The van der Waals surface area contributed by atoms with Crippen molar-refractivity contribution in [1.29, 1.82) is 0 Å². The van der Waals surface area contributed by atoms with Crippen molar-refractivity contribution in [2.75, 3.05) is 19.8 Å². The van der Waals surface area contributed by atoms with Crippen LogP contribution in [0.3, 0.4) is 0 Å². The van der Waals surface area contributed by atoms with Gasteiger partial charge in [-0.15, -0.1) is 0 Å². The summed E-state index contributed by atoms with van der Waals surface area (Å²) in [6.07, 6.45) is 0.884. The molecule has 0 saturated carbocycles. The average molecular weight is 339 g/mol. The first-order chi connectivity index (χ1) is 11.5. The van der Waals surface area contributed by atoms with Crippen LogP contribution < -0.4 is 5.73 Å². The lowest BCUT2D eigenvalue weighted by Gasteiger charge is -2.30. The van der Waals surface area contributed by atoms with E-state index in [1.54, 1.807) is 12.1 Å². The Balaban J connectivity index is 2.19. The van der Waals surface area contributed by atoms with Crippen LogP contribution in [-0.4, -0.2) is 44.0 Å². The van der Waals surface area contributed by atoms with Crippen LogP contribution in [0.5, 0.6) is 0 Å². The van der Waals surface area contributed by atoms with E-state index >= 15 is 0 Å². The fourth-order valence-corrected chi connectivity index (χ4v) is 2.79. The number of ether oxygens (including phenoxy) is 3. The number of halogens is 1. The number of carbonyl (C=O) groups excluding carboxylic acids is 1. The van der Waals surface area contributed by atoms with Gasteiger partial charge in [0.2, 0.25) is 0 Å². The topological polar surface area (TPSA) is 70.8 Å². The highest BCUT2D eigenvalue weighted by molar-refractivity contribution is 5.75. The molecule has 0 radical (unpaired) electrons. The molecular weight excluding hydrogens is 313 g/mol. The van der Waals surface area contributed by atoms with Gasteiger partial charge in [-0.1, -0.05) is 19.1 Å². The summed E-state index contributed by atoms with van der Waals surface area (Å²) in [5.41, 5.74) is 6.71. The second-order valence-electron chi connectivity index (χ2n) is 6.19. The monoisotopic (exact) mass is 339 g/mol. The van der Waals surface area contributed by atoms with Gasteiger partial charge in [-0.2, -0.15) is 0 Å². The van der Waals surface area contributed by atoms with Crippen LogP contribution in [0.25, 0.3) is 0 Å². The van der Waals surface area contributed by atoms with Gasteiger partial charge >= 0.3 is 5.97 Å². The fraction of sp³-hybridized carbons (Fsp3) is 0.611. The SMILES string of the molecule is CCCO[C@H]1COC[C@H](N)C(=O)O[C@@H](C)[C@@H]1Cc1ccc(F)cc1. The molecule has 0 spiro atoms. The Hall–Kier alpha value is -1.50. The minimum Gasteiger partial charge on any atom is -0.461 e. The van der Waals surface area contributed by atoms with Crippen LogP contribution >= 0.6 is 0 Å². The Kier molecular flexibility index (Phi) is 7.15. The molecule has 1 saturated heterocycles. The van der Waals surface area contributed by atoms with Gasteiger partial charge in [0.25, 0.3) is 0 Å². The molecule has 2 rings (SSSR count). The highest BCUT2D eigenvalue weighted by atomic mass is 19.1. The maximum absolute atomic E-state index is 13.1. The van der Waals surface area contributed by atoms with Gasteiger partial charge in [-0.05, 0) is 37.5 Å². The average Bonchev–Trinajstić information content (AvgIpc) is 2.60. The zero-order chi connectivity index (χ0) is 17.5. The summed E-state index contributed by atoms with van der Waals surface area (Å²) >= 11 is 0. The summed E-state index contributed by atoms with van der Waals surface area (Å²) in [7, 11) is 0. The zero-order valence-corrected chi connectivity index (χ0v) is 14.2. The van der Waals surface area contributed by atoms with Crippen molar-refractivity contribution in [3.05, 3.63) is 35.6 Å². The number of hydrogen-bond donors (Lipinski definition) is 1. The molecule has 24 heavy (non-hydrogen) atoms. The van der Waals surface area contributed by atoms with E-state index in [-0.39, 0.29) is 30.5 Å². The van der Waals surface area contributed by atoms with Crippen LogP contribution in [0.1, 0.15) is 25.8 Å². The standard InChI is InChI=1S/C18H26FNO4/c1-3-8-23-17-11-22-10-16(20)18(21)24-12(2)15(17)9-13-4-6-14(19)7-5-13/h4-7,12,15-17H,3,8-11,20H2,1-2H3/t12-,15-,16-,17-/m0/s1. The van der Waals surface area contributed by atoms with E-state index in [9.17, 15) is 9.18 Å². The summed E-state index contributed by atoms with van der Waals surface area (Å²) in [5, 5.41) is 0. The third-order valence-corrected chi connectivity index (χ3v) is 4.19. The number of nitrogens with two attached hydrogens (primary N) is 1. The van der Waals surface area contributed by atoms with Crippen molar-refractivity contribution in [1.82, 2.24) is 0 Å². The Labute approximate surface area is 142 Å². The molecule has 1 aliphatic heterocycles. The van der Waals surface area contributed by atoms with Gasteiger partial charge in [0.05, 0.1) is 19.3 Å². The van der Waals surface area contributed by atoms with E-state index in [0.717, 1.165) is 12.0 Å². The first kappa shape index (κ1) is 18.8. The van der Waals surface area contributed by atoms with E-state index < -0.39 is 12.0 Å². The molecule has 4 atom stereocenters. The Bertz CT molecular complexity index is 522. The molecule has 0 aromatic heterocycles.